The van der Waals surface area contributed by atoms with Gasteiger partial charge in [0.1, 0.15) is 5.75 Å². The van der Waals surface area contributed by atoms with E-state index in [9.17, 15) is 9.90 Å². The third-order valence-corrected chi connectivity index (χ3v) is 5.78. The maximum Gasteiger partial charge on any atom is 0.335 e. The number of hydrogen-bond donors (Lipinski definition) is 1. The Balaban J connectivity index is 1.59. The number of benzene rings is 3. The predicted molar refractivity (Wildman–Crippen MR) is 112 cm³/mol. The highest BCUT2D eigenvalue weighted by Gasteiger charge is 2.43. The Kier molecular flexibility index (Phi) is 4.09. The van der Waals surface area contributed by atoms with E-state index in [2.05, 4.69) is 36.4 Å². The van der Waals surface area contributed by atoms with E-state index in [-0.39, 0.29) is 17.5 Å². The highest BCUT2D eigenvalue weighted by atomic mass is 16.5. The van der Waals surface area contributed by atoms with Crippen molar-refractivity contribution in [2.24, 2.45) is 11.0 Å². The van der Waals surface area contributed by atoms with Crippen LogP contribution in [0, 0.1) is 5.92 Å². The number of fused-ring (bicyclic) bond motifs is 3. The quantitative estimate of drug-likeness (QED) is 0.718. The maximum absolute atomic E-state index is 11.2. The summed E-state index contributed by atoms with van der Waals surface area (Å²) >= 11 is 0. The Labute approximate surface area is 168 Å². The normalized spacial score (nSPS) is 19.5. The van der Waals surface area contributed by atoms with E-state index in [0.717, 1.165) is 29.1 Å². The lowest BCUT2D eigenvalue weighted by atomic mass is 9.90. The van der Waals surface area contributed by atoms with Crippen molar-refractivity contribution in [1.82, 2.24) is 0 Å². The molecule has 0 aromatic heterocycles. The lowest BCUT2D eigenvalue weighted by Crippen LogP contribution is -2.25. The van der Waals surface area contributed by atoms with Crippen molar-refractivity contribution in [3.8, 4) is 5.75 Å². The number of nitrogens with zero attached hydrogens (tertiary/aromatic N) is 2. The van der Waals surface area contributed by atoms with Crippen LogP contribution in [0.15, 0.2) is 77.9 Å². The standard InChI is InChI=1S/C24H20N2O3/c1-29-19-12-8-15(9-13-19)23-21-14-17-4-2-3-5-20(17)22(21)25-26(23)18-10-6-16(7-11-18)24(27)28/h2-13,21,23H,14H2,1H3,(H,27,28). The van der Waals surface area contributed by atoms with Gasteiger partial charge in [0, 0.05) is 11.5 Å². The molecule has 144 valence electrons. The van der Waals surface area contributed by atoms with Gasteiger partial charge in [-0.3, -0.25) is 5.01 Å². The predicted octanol–water partition coefficient (Wildman–Crippen LogP) is 4.53. The molecule has 0 spiro atoms. The van der Waals surface area contributed by atoms with Gasteiger partial charge in [-0.15, -0.1) is 0 Å². The van der Waals surface area contributed by atoms with Crippen LogP contribution < -0.4 is 9.75 Å². The summed E-state index contributed by atoms with van der Waals surface area (Å²) in [7, 11) is 1.66. The van der Waals surface area contributed by atoms with E-state index >= 15 is 0 Å². The van der Waals surface area contributed by atoms with Crippen LogP contribution in [0.25, 0.3) is 0 Å². The van der Waals surface area contributed by atoms with Gasteiger partial charge in [0.15, 0.2) is 0 Å². The first kappa shape index (κ1) is 17.5. The van der Waals surface area contributed by atoms with Gasteiger partial charge in [0.2, 0.25) is 0 Å². The summed E-state index contributed by atoms with van der Waals surface area (Å²) < 4.78 is 5.32. The van der Waals surface area contributed by atoms with Crippen LogP contribution in [0.5, 0.6) is 5.75 Å². The summed E-state index contributed by atoms with van der Waals surface area (Å²) in [6, 6.07) is 23.5. The molecule has 5 rings (SSSR count). The number of ether oxygens (including phenoxy) is 1. The van der Waals surface area contributed by atoms with Crippen molar-refractivity contribution < 1.29 is 14.6 Å². The SMILES string of the molecule is COc1ccc(C2C3Cc4ccccc4C3=NN2c2ccc(C(=O)O)cc2)cc1. The molecule has 1 aliphatic carbocycles. The Bertz CT molecular complexity index is 1100. The molecule has 0 fully saturated rings. The maximum atomic E-state index is 11.2. The summed E-state index contributed by atoms with van der Waals surface area (Å²) in [5.74, 6) is 0.140. The fraction of sp³-hybridized carbons (Fsp3) is 0.167. The van der Waals surface area contributed by atoms with E-state index in [0.29, 0.717) is 0 Å². The Hall–Kier alpha value is -3.60. The molecule has 2 atom stereocenters. The highest BCUT2D eigenvalue weighted by molar-refractivity contribution is 6.08. The smallest absolute Gasteiger partial charge is 0.335 e. The Morgan fingerprint density at radius 2 is 1.76 bits per heavy atom. The van der Waals surface area contributed by atoms with Gasteiger partial charge < -0.3 is 9.84 Å². The number of methoxy groups -OCH3 is 1. The van der Waals surface area contributed by atoms with Crippen LogP contribution in [0.3, 0.4) is 0 Å². The van der Waals surface area contributed by atoms with E-state index < -0.39 is 5.97 Å². The van der Waals surface area contributed by atoms with Crippen LogP contribution in [0.4, 0.5) is 5.69 Å². The molecule has 3 aromatic rings. The summed E-state index contributed by atoms with van der Waals surface area (Å²) in [4.78, 5) is 11.2. The van der Waals surface area contributed by atoms with E-state index in [1.165, 1.54) is 11.1 Å². The number of hydrazone groups is 1. The van der Waals surface area contributed by atoms with Crippen molar-refractivity contribution >= 4 is 17.4 Å². The molecule has 1 N–H and O–H groups in total. The number of hydrogen-bond acceptors (Lipinski definition) is 4. The molecule has 5 heteroatoms. The van der Waals surface area contributed by atoms with Crippen molar-refractivity contribution in [2.45, 2.75) is 12.5 Å². The average molecular weight is 384 g/mol. The molecule has 5 nitrogen and oxygen atoms in total. The summed E-state index contributed by atoms with van der Waals surface area (Å²) in [5.41, 5.74) is 5.95. The van der Waals surface area contributed by atoms with Gasteiger partial charge in [0.05, 0.1) is 30.1 Å². The van der Waals surface area contributed by atoms with Gasteiger partial charge in [0.25, 0.3) is 0 Å². The molecular weight excluding hydrogens is 364 g/mol. The van der Waals surface area contributed by atoms with Crippen LogP contribution in [0.2, 0.25) is 0 Å². The first-order valence-corrected chi connectivity index (χ1v) is 9.59. The second kappa shape index (κ2) is 6.78. The number of rotatable bonds is 4. The fourth-order valence-electron chi connectivity index (χ4n) is 4.37. The molecule has 2 aliphatic rings. The molecule has 3 aromatic carbocycles. The van der Waals surface area contributed by atoms with Gasteiger partial charge >= 0.3 is 5.97 Å². The van der Waals surface area contributed by atoms with Gasteiger partial charge in [-0.25, -0.2) is 4.79 Å². The second-order valence-corrected chi connectivity index (χ2v) is 7.37. The van der Waals surface area contributed by atoms with Crippen LogP contribution in [-0.4, -0.2) is 23.9 Å². The van der Waals surface area contributed by atoms with Crippen LogP contribution >= 0.6 is 0 Å². The third-order valence-electron chi connectivity index (χ3n) is 5.78. The van der Waals surface area contributed by atoms with Gasteiger partial charge in [-0.2, -0.15) is 5.10 Å². The van der Waals surface area contributed by atoms with E-state index in [1.54, 1.807) is 19.2 Å². The minimum atomic E-state index is -0.929. The molecule has 1 heterocycles. The third kappa shape index (κ3) is 2.86. The molecule has 0 saturated heterocycles. The number of carbonyl (C=O) groups is 1. The lowest BCUT2D eigenvalue weighted by Gasteiger charge is -2.28. The number of anilines is 1. The molecule has 0 saturated carbocycles. The van der Waals surface area contributed by atoms with E-state index in [4.69, 9.17) is 9.84 Å². The molecule has 0 amide bonds. The Morgan fingerprint density at radius 3 is 2.45 bits per heavy atom. The van der Waals surface area contributed by atoms with Crippen molar-refractivity contribution in [3.63, 3.8) is 0 Å². The molecule has 0 radical (unpaired) electrons. The number of carboxylic acid groups (broad SMARTS) is 1. The van der Waals surface area contributed by atoms with Crippen molar-refractivity contribution in [1.29, 1.82) is 0 Å². The number of aromatic carboxylic acids is 1. The average Bonchev–Trinajstić information content (AvgIpc) is 3.30. The zero-order valence-corrected chi connectivity index (χ0v) is 15.9. The topological polar surface area (TPSA) is 62.1 Å². The summed E-state index contributed by atoms with van der Waals surface area (Å²) in [5, 5.41) is 16.2. The first-order chi connectivity index (χ1) is 14.2. The fourth-order valence-corrected chi connectivity index (χ4v) is 4.37. The lowest BCUT2D eigenvalue weighted by molar-refractivity contribution is 0.0697. The molecule has 1 aliphatic heterocycles. The molecule has 2 unspecified atom stereocenters. The van der Waals surface area contributed by atoms with Crippen molar-refractivity contribution in [3.05, 3.63) is 95.1 Å². The molecular formula is C24H20N2O3. The highest BCUT2D eigenvalue weighted by Crippen LogP contribution is 2.46. The summed E-state index contributed by atoms with van der Waals surface area (Å²) in [6.45, 7) is 0. The van der Waals surface area contributed by atoms with Crippen molar-refractivity contribution in [2.75, 3.05) is 12.1 Å². The monoisotopic (exact) mass is 384 g/mol. The minimum Gasteiger partial charge on any atom is -0.497 e. The zero-order chi connectivity index (χ0) is 20.0. The van der Waals surface area contributed by atoms with Gasteiger partial charge in [-0.1, -0.05) is 36.4 Å². The zero-order valence-electron chi connectivity index (χ0n) is 15.9. The number of carboxylic acids is 1. The second-order valence-electron chi connectivity index (χ2n) is 7.37. The minimum absolute atomic E-state index is 0.0407. The van der Waals surface area contributed by atoms with Crippen LogP contribution in [0.1, 0.15) is 33.1 Å². The van der Waals surface area contributed by atoms with E-state index in [1.807, 2.05) is 29.3 Å². The molecule has 29 heavy (non-hydrogen) atoms. The Morgan fingerprint density at radius 1 is 1.03 bits per heavy atom. The molecule has 0 bridgehead atoms. The first-order valence-electron chi connectivity index (χ1n) is 9.59. The van der Waals surface area contributed by atoms with Crippen LogP contribution in [-0.2, 0) is 6.42 Å². The summed E-state index contributed by atoms with van der Waals surface area (Å²) in [6.07, 6.45) is 0.940. The van der Waals surface area contributed by atoms with Gasteiger partial charge in [-0.05, 0) is 53.9 Å². The largest absolute Gasteiger partial charge is 0.497 e.